The Labute approximate surface area is 98.2 Å². The summed E-state index contributed by atoms with van der Waals surface area (Å²) < 4.78 is 6.23. The van der Waals surface area contributed by atoms with E-state index in [9.17, 15) is 0 Å². The van der Waals surface area contributed by atoms with Crippen molar-refractivity contribution in [1.82, 2.24) is 4.90 Å². The lowest BCUT2D eigenvalue weighted by molar-refractivity contribution is -0.0856. The number of rotatable bonds is 2. The van der Waals surface area contributed by atoms with E-state index in [-0.39, 0.29) is 11.8 Å². The molecule has 1 aliphatic heterocycles. The smallest absolute Gasteiger partial charge is 0.119 e. The Hall–Kier alpha value is -0.860. The zero-order valence-corrected chi connectivity index (χ0v) is 10.6. The second-order valence-electron chi connectivity index (χ2n) is 4.83. The molecule has 0 bridgehead atoms. The number of hydrogen-bond donors (Lipinski definition) is 0. The van der Waals surface area contributed by atoms with Crippen molar-refractivity contribution in [1.29, 1.82) is 0 Å². The van der Waals surface area contributed by atoms with Crippen molar-refractivity contribution < 1.29 is 4.74 Å². The molecule has 1 fully saturated rings. The number of ether oxygens (including phenoxy) is 1. The van der Waals surface area contributed by atoms with Gasteiger partial charge in [0.05, 0.1) is 0 Å². The third-order valence-corrected chi connectivity index (χ3v) is 3.96. The summed E-state index contributed by atoms with van der Waals surface area (Å²) in [6.45, 7) is 6.58. The average molecular weight is 219 g/mol. The van der Waals surface area contributed by atoms with Crippen LogP contribution >= 0.6 is 0 Å². The first kappa shape index (κ1) is 11.6. The van der Waals surface area contributed by atoms with Crippen molar-refractivity contribution in [2.24, 2.45) is 0 Å². The van der Waals surface area contributed by atoms with E-state index < -0.39 is 0 Å². The van der Waals surface area contributed by atoms with Gasteiger partial charge in [-0.1, -0.05) is 37.3 Å². The van der Waals surface area contributed by atoms with E-state index in [0.29, 0.717) is 6.04 Å². The maximum atomic E-state index is 6.23. The van der Waals surface area contributed by atoms with E-state index in [4.69, 9.17) is 4.74 Å². The van der Waals surface area contributed by atoms with Gasteiger partial charge in [0.25, 0.3) is 0 Å². The molecule has 2 rings (SSSR count). The van der Waals surface area contributed by atoms with E-state index >= 15 is 0 Å². The summed E-state index contributed by atoms with van der Waals surface area (Å²) in [5.74, 6) is 0. The summed E-state index contributed by atoms with van der Waals surface area (Å²) in [5, 5.41) is 0. The first-order valence-corrected chi connectivity index (χ1v) is 6.04. The number of benzene rings is 1. The second-order valence-corrected chi connectivity index (χ2v) is 4.83. The molecule has 0 unspecified atom stereocenters. The topological polar surface area (TPSA) is 12.5 Å². The molecule has 1 aliphatic rings. The van der Waals surface area contributed by atoms with Gasteiger partial charge in [0, 0.05) is 6.04 Å². The monoisotopic (exact) mass is 219 g/mol. The van der Waals surface area contributed by atoms with Crippen LogP contribution in [0.2, 0.25) is 0 Å². The van der Waals surface area contributed by atoms with Gasteiger partial charge in [0.2, 0.25) is 0 Å². The predicted octanol–water partition coefficient (Wildman–Crippen LogP) is 3.20. The maximum Gasteiger partial charge on any atom is 0.119 e. The molecular formula is C14H21NO. The Kier molecular flexibility index (Phi) is 3.04. The molecule has 1 aromatic carbocycles. The molecule has 0 aromatic heterocycles. The van der Waals surface area contributed by atoms with Gasteiger partial charge in [0.15, 0.2) is 0 Å². The highest BCUT2D eigenvalue weighted by atomic mass is 16.5. The Morgan fingerprint density at radius 1 is 1.31 bits per heavy atom. The summed E-state index contributed by atoms with van der Waals surface area (Å²) in [4.78, 5) is 2.34. The number of hydrogen-bond acceptors (Lipinski definition) is 2. The van der Waals surface area contributed by atoms with Crippen LogP contribution in [0.4, 0.5) is 0 Å². The Morgan fingerprint density at radius 3 is 2.44 bits per heavy atom. The van der Waals surface area contributed by atoms with Gasteiger partial charge in [-0.05, 0) is 32.9 Å². The molecule has 1 saturated heterocycles. The Balaban J connectivity index is 2.26. The summed E-state index contributed by atoms with van der Waals surface area (Å²) in [6, 6.07) is 10.9. The lowest BCUT2D eigenvalue weighted by atomic mass is 10.0. The first-order chi connectivity index (χ1) is 7.58. The van der Waals surface area contributed by atoms with Crippen molar-refractivity contribution in [3.05, 3.63) is 35.9 Å². The highest BCUT2D eigenvalue weighted by Crippen LogP contribution is 2.41. The van der Waals surface area contributed by atoms with Crippen LogP contribution in [-0.4, -0.2) is 23.7 Å². The minimum Gasteiger partial charge on any atom is -0.351 e. The van der Waals surface area contributed by atoms with Crippen LogP contribution in [0.15, 0.2) is 30.3 Å². The largest absolute Gasteiger partial charge is 0.351 e. The zero-order chi connectivity index (χ0) is 11.8. The molecule has 0 N–H and O–H groups in total. The number of nitrogens with zero attached hydrogens (tertiary/aromatic N) is 1. The van der Waals surface area contributed by atoms with Gasteiger partial charge >= 0.3 is 0 Å². The molecule has 1 aromatic rings. The van der Waals surface area contributed by atoms with Crippen LogP contribution in [0.25, 0.3) is 0 Å². The Bertz CT molecular complexity index is 351. The first-order valence-electron chi connectivity index (χ1n) is 6.04. The molecule has 0 aliphatic carbocycles. The van der Waals surface area contributed by atoms with Gasteiger partial charge in [-0.2, -0.15) is 0 Å². The van der Waals surface area contributed by atoms with Gasteiger partial charge < -0.3 is 4.74 Å². The molecule has 0 saturated carbocycles. The quantitative estimate of drug-likeness (QED) is 0.757. The molecule has 0 radical (unpaired) electrons. The van der Waals surface area contributed by atoms with Crippen LogP contribution in [-0.2, 0) is 4.74 Å². The van der Waals surface area contributed by atoms with Crippen molar-refractivity contribution in [3.8, 4) is 0 Å². The predicted molar refractivity (Wildman–Crippen MR) is 66.2 cm³/mol. The standard InChI is InChI=1S/C14H21NO/c1-5-14(3)15(4)11(2)13(16-14)12-9-7-6-8-10-12/h6-11,13H,5H2,1-4H3/t11-,13-,14-/m0/s1. The van der Waals surface area contributed by atoms with Crippen molar-refractivity contribution in [2.45, 2.75) is 45.1 Å². The van der Waals surface area contributed by atoms with Crippen molar-refractivity contribution >= 4 is 0 Å². The van der Waals surface area contributed by atoms with Crippen LogP contribution in [0.3, 0.4) is 0 Å². The van der Waals surface area contributed by atoms with Gasteiger partial charge in [-0.25, -0.2) is 0 Å². The zero-order valence-electron chi connectivity index (χ0n) is 10.6. The van der Waals surface area contributed by atoms with E-state index in [1.807, 2.05) is 6.07 Å². The molecule has 0 spiro atoms. The highest BCUT2D eigenvalue weighted by molar-refractivity contribution is 5.20. The average Bonchev–Trinajstić information content (AvgIpc) is 2.56. The fourth-order valence-corrected chi connectivity index (χ4v) is 2.41. The fraction of sp³-hybridized carbons (Fsp3) is 0.571. The van der Waals surface area contributed by atoms with Gasteiger partial charge in [-0.3, -0.25) is 4.90 Å². The molecule has 88 valence electrons. The van der Waals surface area contributed by atoms with Crippen LogP contribution in [0.1, 0.15) is 38.9 Å². The molecular weight excluding hydrogens is 198 g/mol. The molecule has 3 atom stereocenters. The number of likely N-dealkylation sites (N-methyl/N-ethyl adjacent to an activating group) is 1. The van der Waals surface area contributed by atoms with E-state index in [2.05, 4.69) is 57.0 Å². The fourth-order valence-electron chi connectivity index (χ4n) is 2.41. The summed E-state index contributed by atoms with van der Waals surface area (Å²) in [7, 11) is 2.15. The summed E-state index contributed by atoms with van der Waals surface area (Å²) in [5.41, 5.74) is 1.15. The van der Waals surface area contributed by atoms with Crippen LogP contribution in [0, 0.1) is 0 Å². The van der Waals surface area contributed by atoms with E-state index in [1.165, 1.54) is 5.56 Å². The lowest BCUT2D eigenvalue weighted by Gasteiger charge is -2.30. The van der Waals surface area contributed by atoms with Gasteiger partial charge in [-0.15, -0.1) is 0 Å². The third kappa shape index (κ3) is 1.76. The Morgan fingerprint density at radius 2 is 1.94 bits per heavy atom. The van der Waals surface area contributed by atoms with E-state index in [1.54, 1.807) is 0 Å². The van der Waals surface area contributed by atoms with Crippen molar-refractivity contribution in [2.75, 3.05) is 7.05 Å². The molecule has 2 heteroatoms. The highest BCUT2D eigenvalue weighted by Gasteiger charge is 2.44. The normalized spacial score (nSPS) is 35.5. The molecule has 2 nitrogen and oxygen atoms in total. The molecule has 16 heavy (non-hydrogen) atoms. The molecule has 0 amide bonds. The minimum atomic E-state index is -0.125. The lowest BCUT2D eigenvalue weighted by Crippen LogP contribution is -2.41. The minimum absolute atomic E-state index is 0.125. The van der Waals surface area contributed by atoms with Gasteiger partial charge in [0.1, 0.15) is 11.8 Å². The maximum absolute atomic E-state index is 6.23. The molecule has 1 heterocycles. The summed E-state index contributed by atoms with van der Waals surface area (Å²) >= 11 is 0. The SMILES string of the molecule is CC[C@]1(C)O[C@H](c2ccccc2)[C@H](C)N1C. The third-order valence-electron chi connectivity index (χ3n) is 3.96. The van der Waals surface area contributed by atoms with Crippen LogP contribution in [0.5, 0.6) is 0 Å². The van der Waals surface area contributed by atoms with Crippen molar-refractivity contribution in [3.63, 3.8) is 0 Å². The summed E-state index contributed by atoms with van der Waals surface area (Å²) in [6.07, 6.45) is 1.20. The van der Waals surface area contributed by atoms with Crippen LogP contribution < -0.4 is 0 Å². The second kappa shape index (κ2) is 4.19. The van der Waals surface area contributed by atoms with E-state index in [0.717, 1.165) is 6.42 Å².